The molecule has 0 unspecified atom stereocenters. The molecule has 0 saturated heterocycles. The highest BCUT2D eigenvalue weighted by molar-refractivity contribution is 6.28. The first-order chi connectivity index (χ1) is 10.3. The van der Waals surface area contributed by atoms with Crippen molar-refractivity contribution in [1.29, 1.82) is 0 Å². The van der Waals surface area contributed by atoms with Crippen LogP contribution < -0.4 is 5.32 Å². The van der Waals surface area contributed by atoms with Crippen molar-refractivity contribution in [1.82, 2.24) is 29.7 Å². The van der Waals surface area contributed by atoms with Crippen LogP contribution in [-0.2, 0) is 19.8 Å². The Morgan fingerprint density at radius 3 is 2.86 bits per heavy atom. The molecule has 0 radical (unpaired) electrons. The number of hydrogen-bond acceptors (Lipinski definition) is 5. The summed E-state index contributed by atoms with van der Waals surface area (Å²) < 4.78 is 39.8. The van der Waals surface area contributed by atoms with Crippen LogP contribution in [0.5, 0.6) is 0 Å². The SMILES string of the molecule is Cn1cc(CNc2nc(Cl)nc3nc[nH]c23)c(C(F)(F)F)n1. The van der Waals surface area contributed by atoms with Crippen LogP contribution in [0.25, 0.3) is 11.2 Å². The van der Waals surface area contributed by atoms with Gasteiger partial charge in [-0.15, -0.1) is 0 Å². The molecule has 0 aliphatic heterocycles. The summed E-state index contributed by atoms with van der Waals surface area (Å²) in [5.74, 6) is 0.268. The molecule has 3 aromatic heterocycles. The number of aryl methyl sites for hydroxylation is 1. The molecule has 0 spiro atoms. The summed E-state index contributed by atoms with van der Waals surface area (Å²) >= 11 is 5.76. The van der Waals surface area contributed by atoms with Crippen molar-refractivity contribution < 1.29 is 13.2 Å². The average Bonchev–Trinajstić information content (AvgIpc) is 3.01. The smallest absolute Gasteiger partial charge is 0.364 e. The van der Waals surface area contributed by atoms with Gasteiger partial charge in [0.05, 0.1) is 6.33 Å². The van der Waals surface area contributed by atoms with Crippen LogP contribution in [0.15, 0.2) is 12.5 Å². The van der Waals surface area contributed by atoms with E-state index in [1.807, 2.05) is 0 Å². The van der Waals surface area contributed by atoms with Gasteiger partial charge in [-0.25, -0.2) is 4.98 Å². The summed E-state index contributed by atoms with van der Waals surface area (Å²) in [6, 6.07) is 0. The van der Waals surface area contributed by atoms with E-state index in [1.54, 1.807) is 0 Å². The maximum absolute atomic E-state index is 12.9. The molecule has 0 bridgehead atoms. The predicted octanol–water partition coefficient (Wildman–Crippen LogP) is 2.37. The molecule has 0 saturated carbocycles. The van der Waals surface area contributed by atoms with Crippen molar-refractivity contribution in [2.24, 2.45) is 7.05 Å². The summed E-state index contributed by atoms with van der Waals surface area (Å²) in [5, 5.41) is 6.18. The number of aromatic amines is 1. The highest BCUT2D eigenvalue weighted by Crippen LogP contribution is 2.31. The van der Waals surface area contributed by atoms with Gasteiger partial charge in [-0.3, -0.25) is 4.68 Å². The third-order valence-electron chi connectivity index (χ3n) is 2.88. The Morgan fingerprint density at radius 2 is 2.14 bits per heavy atom. The van der Waals surface area contributed by atoms with Gasteiger partial charge in [0, 0.05) is 25.4 Å². The van der Waals surface area contributed by atoms with Crippen LogP contribution in [0.2, 0.25) is 5.28 Å². The number of rotatable bonds is 3. The minimum atomic E-state index is -4.52. The number of fused-ring (bicyclic) bond motifs is 1. The largest absolute Gasteiger partial charge is 0.435 e. The summed E-state index contributed by atoms with van der Waals surface area (Å²) in [6.45, 7) is -0.121. The maximum Gasteiger partial charge on any atom is 0.435 e. The molecule has 0 atom stereocenters. The van der Waals surface area contributed by atoms with Crippen molar-refractivity contribution in [2.45, 2.75) is 12.7 Å². The minimum absolute atomic E-state index is 0.00241. The maximum atomic E-state index is 12.9. The van der Waals surface area contributed by atoms with Gasteiger partial charge in [0.25, 0.3) is 0 Å². The van der Waals surface area contributed by atoms with Crippen LogP contribution >= 0.6 is 11.6 Å². The van der Waals surface area contributed by atoms with Gasteiger partial charge in [-0.2, -0.15) is 28.2 Å². The Morgan fingerprint density at radius 1 is 1.36 bits per heavy atom. The monoisotopic (exact) mass is 331 g/mol. The minimum Gasteiger partial charge on any atom is -0.364 e. The Kier molecular flexibility index (Phi) is 3.39. The first-order valence-electron chi connectivity index (χ1n) is 6.05. The lowest BCUT2D eigenvalue weighted by Crippen LogP contribution is -2.12. The highest BCUT2D eigenvalue weighted by Gasteiger charge is 2.36. The molecule has 2 N–H and O–H groups in total. The second kappa shape index (κ2) is 5.13. The van der Waals surface area contributed by atoms with E-state index in [0.29, 0.717) is 11.2 Å². The summed E-state index contributed by atoms with van der Waals surface area (Å²) in [6.07, 6.45) is -1.83. The number of imidazole rings is 1. The number of nitrogens with one attached hydrogen (secondary N) is 2. The molecule has 0 aromatic carbocycles. The second-order valence-electron chi connectivity index (χ2n) is 4.47. The first kappa shape index (κ1) is 14.6. The van der Waals surface area contributed by atoms with E-state index in [9.17, 15) is 13.2 Å². The molecular weight excluding hydrogens is 323 g/mol. The van der Waals surface area contributed by atoms with Gasteiger partial charge in [0.1, 0.15) is 5.52 Å². The zero-order valence-electron chi connectivity index (χ0n) is 11.1. The summed E-state index contributed by atoms with van der Waals surface area (Å²) in [5.41, 5.74) is -0.160. The molecule has 22 heavy (non-hydrogen) atoms. The molecule has 7 nitrogen and oxygen atoms in total. The molecule has 0 amide bonds. The van der Waals surface area contributed by atoms with Crippen LogP contribution in [0, 0.1) is 0 Å². The van der Waals surface area contributed by atoms with Crippen molar-refractivity contribution in [2.75, 3.05) is 5.32 Å². The highest BCUT2D eigenvalue weighted by atomic mass is 35.5. The molecule has 0 aliphatic carbocycles. The van der Waals surface area contributed by atoms with Crippen molar-refractivity contribution in [3.63, 3.8) is 0 Å². The second-order valence-corrected chi connectivity index (χ2v) is 4.81. The third-order valence-corrected chi connectivity index (χ3v) is 3.05. The molecule has 116 valence electrons. The lowest BCUT2D eigenvalue weighted by molar-refractivity contribution is -0.142. The average molecular weight is 332 g/mol. The Balaban J connectivity index is 1.90. The molecular formula is C11H9ClF3N7. The lowest BCUT2D eigenvalue weighted by atomic mass is 10.2. The van der Waals surface area contributed by atoms with Gasteiger partial charge in [0.2, 0.25) is 5.28 Å². The van der Waals surface area contributed by atoms with Crippen molar-refractivity contribution >= 4 is 28.6 Å². The van der Waals surface area contributed by atoms with Crippen LogP contribution in [0.1, 0.15) is 11.3 Å². The van der Waals surface area contributed by atoms with E-state index in [4.69, 9.17) is 11.6 Å². The number of nitrogens with zero attached hydrogens (tertiary/aromatic N) is 5. The molecule has 0 fully saturated rings. The number of anilines is 1. The fraction of sp³-hybridized carbons (Fsp3) is 0.273. The van der Waals surface area contributed by atoms with Crippen LogP contribution in [0.3, 0.4) is 0 Å². The Hall–Kier alpha value is -2.36. The van der Waals surface area contributed by atoms with E-state index in [2.05, 4.69) is 30.4 Å². The fourth-order valence-corrected chi connectivity index (χ4v) is 2.18. The molecule has 3 aromatic rings. The zero-order valence-corrected chi connectivity index (χ0v) is 11.9. The number of alkyl halides is 3. The van der Waals surface area contributed by atoms with Crippen molar-refractivity contribution in [3.8, 4) is 0 Å². The topological polar surface area (TPSA) is 84.3 Å². The van der Waals surface area contributed by atoms with Gasteiger partial charge in [-0.1, -0.05) is 0 Å². The number of hydrogen-bond donors (Lipinski definition) is 2. The van der Waals surface area contributed by atoms with E-state index >= 15 is 0 Å². The predicted molar refractivity (Wildman–Crippen MR) is 72.2 cm³/mol. The van der Waals surface area contributed by atoms with E-state index in [0.717, 1.165) is 4.68 Å². The lowest BCUT2D eigenvalue weighted by Gasteiger charge is -2.08. The van der Waals surface area contributed by atoms with Gasteiger partial charge >= 0.3 is 6.18 Å². The first-order valence-corrected chi connectivity index (χ1v) is 6.42. The summed E-state index contributed by atoms with van der Waals surface area (Å²) in [7, 11) is 1.42. The fourth-order valence-electron chi connectivity index (χ4n) is 2.02. The molecule has 11 heteroatoms. The van der Waals surface area contributed by atoms with Gasteiger partial charge in [-0.05, 0) is 11.6 Å². The third kappa shape index (κ3) is 2.69. The Bertz CT molecular complexity index is 823. The van der Waals surface area contributed by atoms with Crippen molar-refractivity contribution in [3.05, 3.63) is 29.1 Å². The number of aromatic nitrogens is 6. The standard InChI is InChI=1S/C11H9ClF3N7/c1-22-3-5(7(21-22)11(13,14)15)2-16-8-6-9(18-4-17-6)20-10(12)19-8/h3-4H,2H2,1H3,(H2,16,17,18,19,20). The van der Waals surface area contributed by atoms with E-state index < -0.39 is 11.9 Å². The van der Waals surface area contributed by atoms with Gasteiger partial charge in [0.15, 0.2) is 17.2 Å². The number of H-pyrrole nitrogens is 1. The summed E-state index contributed by atoms with van der Waals surface area (Å²) in [4.78, 5) is 14.6. The Labute approximate surface area is 126 Å². The van der Waals surface area contributed by atoms with Crippen LogP contribution in [-0.4, -0.2) is 29.7 Å². The van der Waals surface area contributed by atoms with Crippen LogP contribution in [0.4, 0.5) is 19.0 Å². The zero-order chi connectivity index (χ0) is 15.9. The molecule has 3 heterocycles. The molecule has 3 rings (SSSR count). The number of halogens is 4. The van der Waals surface area contributed by atoms with E-state index in [1.165, 1.54) is 19.6 Å². The van der Waals surface area contributed by atoms with E-state index in [-0.39, 0.29) is 23.2 Å². The normalized spacial score (nSPS) is 12.0. The quantitative estimate of drug-likeness (QED) is 0.720. The molecule has 0 aliphatic rings. The van der Waals surface area contributed by atoms with Gasteiger partial charge < -0.3 is 10.3 Å².